The van der Waals surface area contributed by atoms with Crippen LogP contribution >= 0.6 is 0 Å². The summed E-state index contributed by atoms with van der Waals surface area (Å²) < 4.78 is 0. The van der Waals surface area contributed by atoms with Crippen molar-refractivity contribution in [3.8, 4) is 0 Å². The van der Waals surface area contributed by atoms with Crippen molar-refractivity contribution in [3.05, 3.63) is 18.2 Å². The molecule has 0 bridgehead atoms. The van der Waals surface area contributed by atoms with Gasteiger partial charge < -0.3 is 37.1 Å². The molecule has 0 aromatic carbocycles. The maximum atomic E-state index is 13.4. The number of nitrogens with zero attached hydrogens (tertiary/aromatic N) is 2. The number of primary amides is 1. The number of carboxylic acid groups (broad SMARTS) is 1. The molecule has 5 unspecified atom stereocenters. The minimum Gasteiger partial charge on any atom is -0.480 e. The van der Waals surface area contributed by atoms with Gasteiger partial charge in [-0.1, -0.05) is 20.3 Å². The fourth-order valence-electron chi connectivity index (χ4n) is 3.84. The molecule has 5 atom stereocenters. The Bertz CT molecular complexity index is 890. The summed E-state index contributed by atoms with van der Waals surface area (Å²) >= 11 is 0. The van der Waals surface area contributed by atoms with Crippen molar-refractivity contribution in [1.29, 1.82) is 0 Å². The van der Waals surface area contributed by atoms with Gasteiger partial charge in [-0.05, 0) is 18.8 Å². The van der Waals surface area contributed by atoms with E-state index in [0.717, 1.165) is 0 Å². The molecule has 0 spiro atoms. The Morgan fingerprint density at radius 2 is 2.00 bits per heavy atom. The lowest BCUT2D eigenvalue weighted by molar-refractivity contribution is -0.146. The maximum Gasteiger partial charge on any atom is 0.326 e. The van der Waals surface area contributed by atoms with Crippen molar-refractivity contribution < 1.29 is 29.1 Å². The molecule has 1 aliphatic rings. The van der Waals surface area contributed by atoms with Crippen LogP contribution in [0.4, 0.5) is 0 Å². The van der Waals surface area contributed by atoms with Crippen molar-refractivity contribution in [1.82, 2.24) is 25.5 Å². The minimum atomic E-state index is -1.24. The predicted octanol–water partition coefficient (Wildman–Crippen LogP) is -1.75. The molecular formula is C21H33N7O6. The van der Waals surface area contributed by atoms with E-state index in [1.165, 1.54) is 17.4 Å². The zero-order valence-electron chi connectivity index (χ0n) is 19.3. The van der Waals surface area contributed by atoms with Gasteiger partial charge in [0.1, 0.15) is 18.1 Å². The number of rotatable bonds is 12. The van der Waals surface area contributed by atoms with Crippen LogP contribution < -0.4 is 22.1 Å². The van der Waals surface area contributed by atoms with Gasteiger partial charge in [0, 0.05) is 24.9 Å². The van der Waals surface area contributed by atoms with E-state index in [9.17, 15) is 29.1 Å². The van der Waals surface area contributed by atoms with Crippen molar-refractivity contribution in [2.24, 2.45) is 17.4 Å². The Hall–Kier alpha value is -3.48. The predicted molar refractivity (Wildman–Crippen MR) is 120 cm³/mol. The van der Waals surface area contributed by atoms with E-state index in [2.05, 4.69) is 20.6 Å². The van der Waals surface area contributed by atoms with Gasteiger partial charge in [-0.15, -0.1) is 0 Å². The number of nitrogens with two attached hydrogens (primary N) is 2. The van der Waals surface area contributed by atoms with E-state index in [0.29, 0.717) is 25.0 Å². The Morgan fingerprint density at radius 1 is 1.29 bits per heavy atom. The van der Waals surface area contributed by atoms with Gasteiger partial charge in [-0.3, -0.25) is 19.2 Å². The fraction of sp³-hybridized carbons (Fsp3) is 0.619. The highest BCUT2D eigenvalue weighted by molar-refractivity contribution is 5.95. The number of amides is 4. The van der Waals surface area contributed by atoms with E-state index in [1.807, 2.05) is 6.92 Å². The average molecular weight is 480 g/mol. The molecule has 34 heavy (non-hydrogen) atoms. The average Bonchev–Trinajstić information content (AvgIpc) is 3.47. The monoisotopic (exact) mass is 479 g/mol. The first-order valence-corrected chi connectivity index (χ1v) is 11.2. The summed E-state index contributed by atoms with van der Waals surface area (Å²) in [6.45, 7) is 3.81. The zero-order valence-corrected chi connectivity index (χ0v) is 19.3. The Kier molecular flexibility index (Phi) is 9.54. The summed E-state index contributed by atoms with van der Waals surface area (Å²) in [5, 5.41) is 14.6. The van der Waals surface area contributed by atoms with Crippen molar-refractivity contribution in [3.63, 3.8) is 0 Å². The SMILES string of the molecule is CCC(C)C(NC(=O)C1CCCN1C(=O)C(Cc1cnc[nH]1)NC(=O)C(N)CC(N)=O)C(=O)O. The Labute approximate surface area is 197 Å². The van der Waals surface area contributed by atoms with Gasteiger partial charge in [-0.2, -0.15) is 0 Å². The number of aromatic nitrogens is 2. The van der Waals surface area contributed by atoms with Crippen LogP contribution in [-0.4, -0.2) is 80.3 Å². The molecule has 2 rings (SSSR count). The molecule has 13 heteroatoms. The largest absolute Gasteiger partial charge is 0.480 e. The third-order valence-corrected chi connectivity index (χ3v) is 5.97. The van der Waals surface area contributed by atoms with Crippen LogP contribution in [0.3, 0.4) is 0 Å². The quantitative estimate of drug-likeness (QED) is 0.202. The van der Waals surface area contributed by atoms with E-state index < -0.39 is 60.2 Å². The summed E-state index contributed by atoms with van der Waals surface area (Å²) in [4.78, 5) is 69.7. The molecule has 1 aromatic heterocycles. The van der Waals surface area contributed by atoms with Gasteiger partial charge in [0.25, 0.3) is 0 Å². The smallest absolute Gasteiger partial charge is 0.326 e. The zero-order chi connectivity index (χ0) is 25.4. The van der Waals surface area contributed by atoms with Crippen LogP contribution in [0, 0.1) is 5.92 Å². The van der Waals surface area contributed by atoms with E-state index in [4.69, 9.17) is 11.5 Å². The Balaban J connectivity index is 2.19. The molecule has 1 fully saturated rings. The number of H-pyrrole nitrogens is 1. The molecule has 8 N–H and O–H groups in total. The molecule has 188 valence electrons. The van der Waals surface area contributed by atoms with Crippen LogP contribution in [-0.2, 0) is 30.4 Å². The van der Waals surface area contributed by atoms with Crippen molar-refractivity contribution in [2.45, 2.75) is 70.1 Å². The van der Waals surface area contributed by atoms with Crippen LogP contribution in [0.1, 0.15) is 45.2 Å². The van der Waals surface area contributed by atoms with E-state index in [1.54, 1.807) is 6.92 Å². The van der Waals surface area contributed by atoms with Crippen LogP contribution in [0.15, 0.2) is 12.5 Å². The molecule has 1 saturated heterocycles. The normalized spacial score (nSPS) is 19.0. The van der Waals surface area contributed by atoms with Gasteiger partial charge in [0.15, 0.2) is 0 Å². The second kappa shape index (κ2) is 12.1. The maximum absolute atomic E-state index is 13.4. The summed E-state index contributed by atoms with van der Waals surface area (Å²) in [6, 6.07) is -4.29. The summed E-state index contributed by atoms with van der Waals surface area (Å²) in [5.74, 6) is -4.03. The number of likely N-dealkylation sites (tertiary alicyclic amines) is 1. The third-order valence-electron chi connectivity index (χ3n) is 5.97. The first kappa shape index (κ1) is 26.8. The minimum absolute atomic E-state index is 0.0450. The number of carboxylic acids is 1. The number of aromatic amines is 1. The standard InChI is InChI=1S/C21H33N7O6/c1-3-11(2)17(21(33)34)27-19(31)15-5-4-6-28(15)20(32)14(7-12-9-24-10-25-12)26-18(30)13(22)8-16(23)29/h9-11,13-15,17H,3-8,22H2,1-2H3,(H2,23,29)(H,24,25)(H,26,30)(H,27,31)(H,33,34). The third kappa shape index (κ3) is 7.01. The molecule has 13 nitrogen and oxygen atoms in total. The fourth-order valence-corrected chi connectivity index (χ4v) is 3.84. The number of nitrogens with one attached hydrogen (secondary N) is 3. The van der Waals surface area contributed by atoms with E-state index >= 15 is 0 Å². The van der Waals surface area contributed by atoms with Gasteiger partial charge >= 0.3 is 5.97 Å². The van der Waals surface area contributed by atoms with Crippen molar-refractivity contribution >= 4 is 29.6 Å². The second-order valence-electron chi connectivity index (χ2n) is 8.52. The summed E-state index contributed by atoms with van der Waals surface area (Å²) in [7, 11) is 0. The molecule has 0 saturated carbocycles. The molecule has 0 radical (unpaired) electrons. The number of imidazole rings is 1. The topological polar surface area (TPSA) is 214 Å². The lowest BCUT2D eigenvalue weighted by Crippen LogP contribution is -2.58. The lowest BCUT2D eigenvalue weighted by atomic mass is 9.98. The first-order chi connectivity index (χ1) is 16.0. The number of carbonyl (C=O) groups excluding carboxylic acids is 4. The van der Waals surface area contributed by atoms with Crippen LogP contribution in [0.5, 0.6) is 0 Å². The Morgan fingerprint density at radius 3 is 2.56 bits per heavy atom. The second-order valence-corrected chi connectivity index (χ2v) is 8.52. The number of hydrogen-bond donors (Lipinski definition) is 6. The van der Waals surface area contributed by atoms with Crippen molar-refractivity contribution in [2.75, 3.05) is 6.54 Å². The summed E-state index contributed by atoms with van der Waals surface area (Å²) in [5.41, 5.74) is 11.4. The molecular weight excluding hydrogens is 446 g/mol. The van der Waals surface area contributed by atoms with Gasteiger partial charge in [0.05, 0.1) is 18.8 Å². The van der Waals surface area contributed by atoms with E-state index in [-0.39, 0.29) is 18.9 Å². The highest BCUT2D eigenvalue weighted by Crippen LogP contribution is 2.20. The lowest BCUT2D eigenvalue weighted by Gasteiger charge is -2.30. The van der Waals surface area contributed by atoms with Crippen LogP contribution in [0.2, 0.25) is 0 Å². The molecule has 4 amide bonds. The number of carbonyl (C=O) groups is 5. The molecule has 1 aromatic rings. The molecule has 0 aliphatic carbocycles. The highest BCUT2D eigenvalue weighted by Gasteiger charge is 2.40. The molecule has 2 heterocycles. The number of aliphatic carboxylic acids is 1. The highest BCUT2D eigenvalue weighted by atomic mass is 16.4. The van der Waals surface area contributed by atoms with Gasteiger partial charge in [-0.25, -0.2) is 9.78 Å². The number of hydrogen-bond acceptors (Lipinski definition) is 7. The first-order valence-electron chi connectivity index (χ1n) is 11.2. The van der Waals surface area contributed by atoms with Crippen LogP contribution in [0.25, 0.3) is 0 Å². The summed E-state index contributed by atoms with van der Waals surface area (Å²) in [6.07, 6.45) is 4.01. The molecule has 1 aliphatic heterocycles. The van der Waals surface area contributed by atoms with Gasteiger partial charge in [0.2, 0.25) is 23.6 Å².